The normalized spacial score (nSPS) is 18.2. The average Bonchev–Trinajstić information content (AvgIpc) is 2.92. The smallest absolute Gasteiger partial charge is 0.255 e. The van der Waals surface area contributed by atoms with Gasteiger partial charge in [-0.2, -0.15) is 0 Å². The van der Waals surface area contributed by atoms with Gasteiger partial charge >= 0.3 is 0 Å². The lowest BCUT2D eigenvalue weighted by atomic mass is 9.81. The number of ether oxygens (including phenoxy) is 1. The number of aryl methyl sites for hydroxylation is 1. The van der Waals surface area contributed by atoms with Crippen LogP contribution in [0.2, 0.25) is 0 Å². The molecule has 1 heterocycles. The number of hydrogen-bond donors (Lipinski definition) is 1. The minimum atomic E-state index is -0.636. The molecular weight excluding hydrogens is 348 g/mol. The maximum atomic E-state index is 13.4. The molecule has 1 atom stereocenters. The van der Waals surface area contributed by atoms with Gasteiger partial charge in [-0.1, -0.05) is 42.5 Å². The molecular formula is C24H24N2O2. The second-order valence-corrected chi connectivity index (χ2v) is 7.40. The standard InChI is InChI=1S/C24H24N2O2/c1-16-7-4-5-9-20(16)24(2)22-19(8-6-10-21(22)25)23(27)26(24)15-17-11-13-18(28-3)14-12-17/h4-14H,15,25H2,1-3H3. The molecule has 0 saturated carbocycles. The van der Waals surface area contributed by atoms with Crippen molar-refractivity contribution >= 4 is 11.6 Å². The highest BCUT2D eigenvalue weighted by Crippen LogP contribution is 2.48. The minimum Gasteiger partial charge on any atom is -0.497 e. The van der Waals surface area contributed by atoms with Crippen LogP contribution >= 0.6 is 0 Å². The predicted octanol–water partition coefficient (Wildman–Crippen LogP) is 4.51. The molecule has 2 N–H and O–H groups in total. The molecule has 1 aliphatic heterocycles. The Morgan fingerprint density at radius 3 is 2.39 bits per heavy atom. The van der Waals surface area contributed by atoms with Crippen molar-refractivity contribution in [1.29, 1.82) is 0 Å². The lowest BCUT2D eigenvalue weighted by Gasteiger charge is -2.38. The molecule has 0 aliphatic carbocycles. The molecule has 0 bridgehead atoms. The van der Waals surface area contributed by atoms with E-state index in [2.05, 4.69) is 26.0 Å². The third-order valence-electron chi connectivity index (χ3n) is 5.77. The molecule has 4 heteroatoms. The predicted molar refractivity (Wildman–Crippen MR) is 111 cm³/mol. The Kier molecular flexibility index (Phi) is 4.34. The summed E-state index contributed by atoms with van der Waals surface area (Å²) in [6.07, 6.45) is 0. The van der Waals surface area contributed by atoms with Crippen molar-refractivity contribution in [3.63, 3.8) is 0 Å². The van der Waals surface area contributed by atoms with Crippen molar-refractivity contribution in [2.75, 3.05) is 12.8 Å². The Labute approximate surface area is 165 Å². The molecule has 0 saturated heterocycles. The first kappa shape index (κ1) is 18.1. The highest BCUT2D eigenvalue weighted by molar-refractivity contribution is 6.02. The summed E-state index contributed by atoms with van der Waals surface area (Å²) < 4.78 is 5.26. The number of rotatable bonds is 4. The van der Waals surface area contributed by atoms with Gasteiger partial charge in [0.15, 0.2) is 0 Å². The molecule has 0 aromatic heterocycles. The number of nitrogens with two attached hydrogens (primary N) is 1. The minimum absolute atomic E-state index is 0.00358. The van der Waals surface area contributed by atoms with E-state index in [1.54, 1.807) is 7.11 Å². The van der Waals surface area contributed by atoms with Crippen molar-refractivity contribution in [3.8, 4) is 5.75 Å². The summed E-state index contributed by atoms with van der Waals surface area (Å²) in [6.45, 7) is 4.66. The lowest BCUT2D eigenvalue weighted by Crippen LogP contribution is -2.42. The molecule has 1 amide bonds. The number of benzene rings is 3. The SMILES string of the molecule is COc1ccc(CN2C(=O)c3cccc(N)c3C2(C)c2ccccc2C)cc1. The van der Waals surface area contributed by atoms with E-state index >= 15 is 0 Å². The van der Waals surface area contributed by atoms with Crippen LogP contribution < -0.4 is 10.5 Å². The first-order chi connectivity index (χ1) is 13.5. The van der Waals surface area contributed by atoms with Gasteiger partial charge in [-0.15, -0.1) is 0 Å². The largest absolute Gasteiger partial charge is 0.497 e. The highest BCUT2D eigenvalue weighted by atomic mass is 16.5. The number of carbonyl (C=O) groups is 1. The summed E-state index contributed by atoms with van der Waals surface area (Å²) in [5.41, 5.74) is 11.2. The Morgan fingerprint density at radius 1 is 1.00 bits per heavy atom. The number of carbonyl (C=O) groups excluding carboxylic acids is 1. The van der Waals surface area contributed by atoms with E-state index in [4.69, 9.17) is 10.5 Å². The number of nitrogens with zero attached hydrogens (tertiary/aromatic N) is 1. The number of amides is 1. The maximum absolute atomic E-state index is 13.4. The van der Waals surface area contributed by atoms with Crippen LogP contribution in [-0.4, -0.2) is 17.9 Å². The third-order valence-corrected chi connectivity index (χ3v) is 5.77. The molecule has 3 aromatic carbocycles. The van der Waals surface area contributed by atoms with Crippen LogP contribution in [-0.2, 0) is 12.1 Å². The van der Waals surface area contributed by atoms with E-state index in [9.17, 15) is 4.79 Å². The average molecular weight is 372 g/mol. The van der Waals surface area contributed by atoms with E-state index in [1.165, 1.54) is 0 Å². The van der Waals surface area contributed by atoms with Crippen molar-refractivity contribution in [3.05, 3.63) is 94.5 Å². The fraction of sp³-hybridized carbons (Fsp3) is 0.208. The molecule has 1 unspecified atom stereocenters. The maximum Gasteiger partial charge on any atom is 0.255 e. The van der Waals surface area contributed by atoms with Gasteiger partial charge in [0.1, 0.15) is 5.75 Å². The lowest BCUT2D eigenvalue weighted by molar-refractivity contribution is 0.0630. The van der Waals surface area contributed by atoms with Crippen LogP contribution in [0.1, 0.15) is 39.5 Å². The Hall–Kier alpha value is -3.27. The summed E-state index contributed by atoms with van der Waals surface area (Å²) >= 11 is 0. The van der Waals surface area contributed by atoms with Crippen LogP contribution in [0.3, 0.4) is 0 Å². The topological polar surface area (TPSA) is 55.6 Å². The first-order valence-electron chi connectivity index (χ1n) is 9.36. The first-order valence-corrected chi connectivity index (χ1v) is 9.36. The van der Waals surface area contributed by atoms with Crippen molar-refractivity contribution in [2.45, 2.75) is 25.9 Å². The van der Waals surface area contributed by atoms with Crippen molar-refractivity contribution < 1.29 is 9.53 Å². The zero-order valence-corrected chi connectivity index (χ0v) is 16.4. The van der Waals surface area contributed by atoms with Gasteiger partial charge in [0.2, 0.25) is 0 Å². The van der Waals surface area contributed by atoms with E-state index in [-0.39, 0.29) is 5.91 Å². The summed E-state index contributed by atoms with van der Waals surface area (Å²) in [4.78, 5) is 15.4. The van der Waals surface area contributed by atoms with Gasteiger partial charge < -0.3 is 15.4 Å². The fourth-order valence-corrected chi connectivity index (χ4v) is 4.32. The summed E-state index contributed by atoms with van der Waals surface area (Å²) in [5.74, 6) is 0.801. The van der Waals surface area contributed by atoms with Crippen LogP contribution in [0, 0.1) is 6.92 Å². The summed E-state index contributed by atoms with van der Waals surface area (Å²) in [6, 6.07) is 21.6. The molecule has 0 fully saturated rings. The molecule has 28 heavy (non-hydrogen) atoms. The highest BCUT2D eigenvalue weighted by Gasteiger charge is 2.49. The van der Waals surface area contributed by atoms with E-state index in [1.807, 2.05) is 59.5 Å². The van der Waals surface area contributed by atoms with Gasteiger partial charge in [0, 0.05) is 23.4 Å². The van der Waals surface area contributed by atoms with Crippen molar-refractivity contribution in [2.24, 2.45) is 0 Å². The van der Waals surface area contributed by atoms with Crippen molar-refractivity contribution in [1.82, 2.24) is 4.90 Å². The van der Waals surface area contributed by atoms with Gasteiger partial charge in [0.25, 0.3) is 5.91 Å². The monoisotopic (exact) mass is 372 g/mol. The second-order valence-electron chi connectivity index (χ2n) is 7.40. The second kappa shape index (κ2) is 6.71. The van der Waals surface area contributed by atoms with Crippen LogP contribution in [0.15, 0.2) is 66.7 Å². The quantitative estimate of drug-likeness (QED) is 0.686. The number of fused-ring (bicyclic) bond motifs is 1. The van der Waals surface area contributed by atoms with Gasteiger partial charge in [-0.25, -0.2) is 0 Å². The Bertz CT molecular complexity index is 1040. The van der Waals surface area contributed by atoms with Crippen LogP contribution in [0.25, 0.3) is 0 Å². The summed E-state index contributed by atoms with van der Waals surface area (Å²) in [5, 5.41) is 0. The van der Waals surface area contributed by atoms with E-state index < -0.39 is 5.54 Å². The summed E-state index contributed by atoms with van der Waals surface area (Å²) in [7, 11) is 1.65. The zero-order chi connectivity index (χ0) is 19.9. The van der Waals surface area contributed by atoms with Crippen LogP contribution in [0.4, 0.5) is 5.69 Å². The van der Waals surface area contributed by atoms with E-state index in [0.717, 1.165) is 28.0 Å². The number of methoxy groups -OCH3 is 1. The number of hydrogen-bond acceptors (Lipinski definition) is 3. The molecule has 4 rings (SSSR count). The molecule has 3 aromatic rings. The zero-order valence-electron chi connectivity index (χ0n) is 16.4. The molecule has 0 spiro atoms. The number of anilines is 1. The third kappa shape index (κ3) is 2.64. The Balaban J connectivity index is 1.87. The number of nitrogen functional groups attached to an aromatic ring is 1. The van der Waals surface area contributed by atoms with Gasteiger partial charge in [-0.05, 0) is 54.8 Å². The molecule has 142 valence electrons. The van der Waals surface area contributed by atoms with Gasteiger partial charge in [0.05, 0.1) is 12.6 Å². The molecule has 4 nitrogen and oxygen atoms in total. The fourth-order valence-electron chi connectivity index (χ4n) is 4.32. The van der Waals surface area contributed by atoms with E-state index in [0.29, 0.717) is 17.8 Å². The molecule has 0 radical (unpaired) electrons. The van der Waals surface area contributed by atoms with Crippen LogP contribution in [0.5, 0.6) is 5.75 Å². The molecule has 1 aliphatic rings. The Morgan fingerprint density at radius 2 is 1.71 bits per heavy atom. The van der Waals surface area contributed by atoms with Gasteiger partial charge in [-0.3, -0.25) is 4.79 Å².